The van der Waals surface area contributed by atoms with E-state index >= 15 is 0 Å². The molecule has 1 atom stereocenters. The number of fused-ring (bicyclic) bond motifs is 3. The van der Waals surface area contributed by atoms with E-state index in [-0.39, 0.29) is 16.9 Å². The van der Waals surface area contributed by atoms with Crippen LogP contribution >= 0.6 is 11.6 Å². The van der Waals surface area contributed by atoms with Crippen molar-refractivity contribution in [1.29, 1.82) is 0 Å². The van der Waals surface area contributed by atoms with Crippen molar-refractivity contribution in [3.05, 3.63) is 61.5 Å². The Morgan fingerprint density at radius 2 is 1.90 bits per heavy atom. The average Bonchev–Trinajstić information content (AvgIpc) is 3.17. The fourth-order valence-corrected chi connectivity index (χ4v) is 3.81. The molecular formula is C20H20ClN5O3. The Bertz CT molecular complexity index is 1440. The van der Waals surface area contributed by atoms with E-state index in [2.05, 4.69) is 4.98 Å². The van der Waals surface area contributed by atoms with E-state index in [1.54, 1.807) is 24.6 Å². The van der Waals surface area contributed by atoms with Gasteiger partial charge in [0, 0.05) is 24.0 Å². The number of carbonyl (C=O) groups is 1. The summed E-state index contributed by atoms with van der Waals surface area (Å²) in [7, 11) is 1.54. The van der Waals surface area contributed by atoms with Crippen LogP contribution in [0.3, 0.4) is 0 Å². The molecule has 0 saturated carbocycles. The maximum Gasteiger partial charge on any atom is 0.333 e. The zero-order valence-electron chi connectivity index (χ0n) is 16.7. The Kier molecular flexibility index (Phi) is 4.27. The highest BCUT2D eigenvalue weighted by atomic mass is 35.5. The zero-order valence-corrected chi connectivity index (χ0v) is 17.5. The number of aromatic nitrogens is 5. The molecule has 1 aromatic carbocycles. The molecule has 0 radical (unpaired) electrons. The lowest BCUT2D eigenvalue weighted by Crippen LogP contribution is -2.42. The van der Waals surface area contributed by atoms with Crippen LogP contribution in [0, 0.1) is 13.8 Å². The van der Waals surface area contributed by atoms with Gasteiger partial charge >= 0.3 is 5.69 Å². The van der Waals surface area contributed by atoms with Crippen LogP contribution in [0.5, 0.6) is 0 Å². The predicted molar refractivity (Wildman–Crippen MR) is 111 cm³/mol. The van der Waals surface area contributed by atoms with Crippen LogP contribution < -0.4 is 11.2 Å². The third-order valence-corrected chi connectivity index (χ3v) is 5.84. The highest BCUT2D eigenvalue weighted by Crippen LogP contribution is 2.27. The Hall–Kier alpha value is -3.13. The molecule has 9 heteroatoms. The summed E-state index contributed by atoms with van der Waals surface area (Å²) in [6.45, 7) is 6.71. The molecule has 0 amide bonds. The van der Waals surface area contributed by atoms with Gasteiger partial charge in [0.2, 0.25) is 5.78 Å². The summed E-state index contributed by atoms with van der Waals surface area (Å²) in [5.74, 6) is 0.218. The first-order valence-corrected chi connectivity index (χ1v) is 9.50. The minimum atomic E-state index is -0.866. The van der Waals surface area contributed by atoms with Crippen LogP contribution in [0.25, 0.3) is 22.6 Å². The van der Waals surface area contributed by atoms with Crippen molar-refractivity contribution in [2.75, 3.05) is 0 Å². The molecule has 0 aliphatic rings. The molecule has 0 bridgehead atoms. The summed E-state index contributed by atoms with van der Waals surface area (Å²) in [5, 5.41) is 0.620. The summed E-state index contributed by atoms with van der Waals surface area (Å²) in [4.78, 5) is 42.4. The summed E-state index contributed by atoms with van der Waals surface area (Å²) in [6, 6.07) is 4.71. The highest BCUT2D eigenvalue weighted by molar-refractivity contribution is 6.31. The van der Waals surface area contributed by atoms with Crippen molar-refractivity contribution in [2.45, 2.75) is 33.7 Å². The van der Waals surface area contributed by atoms with Crippen LogP contribution in [0.1, 0.15) is 31.1 Å². The van der Waals surface area contributed by atoms with Crippen molar-refractivity contribution in [1.82, 2.24) is 23.1 Å². The van der Waals surface area contributed by atoms with Gasteiger partial charge in [-0.2, -0.15) is 4.98 Å². The van der Waals surface area contributed by atoms with E-state index in [4.69, 9.17) is 11.6 Å². The van der Waals surface area contributed by atoms with Crippen LogP contribution in [0.15, 0.2) is 34.0 Å². The van der Waals surface area contributed by atoms with Gasteiger partial charge in [-0.3, -0.25) is 23.1 Å². The van der Waals surface area contributed by atoms with Gasteiger partial charge in [0.1, 0.15) is 0 Å². The Labute approximate surface area is 170 Å². The monoisotopic (exact) mass is 413 g/mol. The maximum atomic E-state index is 13.2. The van der Waals surface area contributed by atoms with E-state index in [0.717, 1.165) is 21.5 Å². The number of Topliss-reactive ketones (excluding diaryl/α,β-unsaturated/α-hetero) is 1. The number of hydrogen-bond donors (Lipinski definition) is 0. The number of imidazole rings is 2. The molecule has 1 unspecified atom stereocenters. The van der Waals surface area contributed by atoms with E-state index < -0.39 is 17.3 Å². The van der Waals surface area contributed by atoms with Crippen molar-refractivity contribution in [3.63, 3.8) is 0 Å². The average molecular weight is 414 g/mol. The molecule has 0 aliphatic heterocycles. The summed E-state index contributed by atoms with van der Waals surface area (Å²) >= 11 is 6.30. The Morgan fingerprint density at radius 3 is 2.55 bits per heavy atom. The third-order valence-electron chi connectivity index (χ3n) is 5.43. The molecule has 0 aliphatic carbocycles. The van der Waals surface area contributed by atoms with Gasteiger partial charge < -0.3 is 0 Å². The number of aryl methyl sites for hydroxylation is 2. The van der Waals surface area contributed by atoms with Gasteiger partial charge in [-0.05, 0) is 45.4 Å². The lowest BCUT2D eigenvalue weighted by Gasteiger charge is -2.12. The topological polar surface area (TPSA) is 83.3 Å². The van der Waals surface area contributed by atoms with Gasteiger partial charge in [-0.15, -0.1) is 0 Å². The van der Waals surface area contributed by atoms with E-state index in [1.165, 1.54) is 11.5 Å². The molecule has 4 rings (SSSR count). The van der Waals surface area contributed by atoms with Crippen molar-refractivity contribution in [2.24, 2.45) is 7.05 Å². The molecule has 0 fully saturated rings. The first kappa shape index (κ1) is 19.2. The molecule has 4 aromatic rings. The fourth-order valence-electron chi connectivity index (χ4n) is 3.64. The van der Waals surface area contributed by atoms with E-state index in [0.29, 0.717) is 10.8 Å². The van der Waals surface area contributed by atoms with Crippen LogP contribution in [0.2, 0.25) is 5.02 Å². The number of ketones is 1. The first-order chi connectivity index (χ1) is 13.6. The van der Waals surface area contributed by atoms with Gasteiger partial charge in [0.05, 0.1) is 11.7 Å². The number of benzene rings is 1. The Morgan fingerprint density at radius 1 is 1.21 bits per heavy atom. The molecule has 150 valence electrons. The maximum absolute atomic E-state index is 13.2. The minimum absolute atomic E-state index is 0.247. The van der Waals surface area contributed by atoms with E-state index in [1.807, 2.05) is 36.6 Å². The molecule has 0 saturated heterocycles. The molecule has 0 N–H and O–H groups in total. The molecule has 8 nitrogen and oxygen atoms in total. The molecule has 3 aromatic heterocycles. The van der Waals surface area contributed by atoms with Crippen molar-refractivity contribution >= 4 is 34.3 Å². The number of hydrogen-bond acceptors (Lipinski definition) is 4. The van der Waals surface area contributed by atoms with Crippen LogP contribution in [-0.2, 0) is 11.8 Å². The van der Waals surface area contributed by atoms with Crippen LogP contribution in [-0.4, -0.2) is 28.9 Å². The van der Waals surface area contributed by atoms with Gasteiger partial charge in [-0.1, -0.05) is 17.7 Å². The smallest absolute Gasteiger partial charge is 0.298 e. The van der Waals surface area contributed by atoms with Crippen LogP contribution in [0.4, 0.5) is 0 Å². The second-order valence-corrected chi connectivity index (χ2v) is 7.65. The first-order valence-electron chi connectivity index (χ1n) is 9.12. The fraction of sp³-hybridized carbons (Fsp3) is 0.300. The third kappa shape index (κ3) is 2.59. The largest absolute Gasteiger partial charge is 0.333 e. The minimum Gasteiger partial charge on any atom is -0.298 e. The van der Waals surface area contributed by atoms with Crippen molar-refractivity contribution < 1.29 is 4.79 Å². The number of rotatable bonds is 3. The van der Waals surface area contributed by atoms with E-state index in [9.17, 15) is 14.4 Å². The second-order valence-electron chi connectivity index (χ2n) is 7.25. The number of nitrogens with zero attached hydrogens (tertiary/aromatic N) is 5. The lowest BCUT2D eigenvalue weighted by molar-refractivity contribution is -0.119. The lowest BCUT2D eigenvalue weighted by atomic mass is 10.2. The van der Waals surface area contributed by atoms with Crippen molar-refractivity contribution in [3.8, 4) is 5.69 Å². The summed E-state index contributed by atoms with van der Waals surface area (Å²) in [6.07, 6.45) is 1.79. The molecular weight excluding hydrogens is 394 g/mol. The summed E-state index contributed by atoms with van der Waals surface area (Å²) < 4.78 is 5.84. The summed E-state index contributed by atoms with van der Waals surface area (Å²) in [5.41, 5.74) is 1.94. The van der Waals surface area contributed by atoms with Gasteiger partial charge in [0.15, 0.2) is 16.9 Å². The molecule has 0 spiro atoms. The molecule has 29 heavy (non-hydrogen) atoms. The number of carbonyl (C=O) groups excluding carboxylic acids is 1. The van der Waals surface area contributed by atoms with Gasteiger partial charge in [-0.25, -0.2) is 9.36 Å². The predicted octanol–water partition coefficient (Wildman–Crippen LogP) is 2.56. The standard InChI is InChI=1S/C20H20ClN5O3/c1-10-9-24-16-17(23(5)20(29)26(18(16)28)12(3)13(4)27)22-19(24)25(10)15-8-6-7-14(21)11(15)2/h6-9,12H,1-5H3. The SMILES string of the molecule is CC(=O)C(C)n1c(=O)c2c(nc3n(-c4cccc(Cl)c4C)c(C)cn23)n(C)c1=O. The number of halogens is 1. The Balaban J connectivity index is 2.17. The van der Waals surface area contributed by atoms with Gasteiger partial charge in [0.25, 0.3) is 5.56 Å². The highest BCUT2D eigenvalue weighted by Gasteiger charge is 2.24. The zero-order chi connectivity index (χ0) is 21.2. The normalized spacial score (nSPS) is 12.8. The second kappa shape index (κ2) is 6.45. The molecule has 3 heterocycles. The quantitative estimate of drug-likeness (QED) is 0.516.